The third kappa shape index (κ3) is 3.52. The van der Waals surface area contributed by atoms with Crippen molar-refractivity contribution in [3.05, 3.63) is 64.3 Å². The van der Waals surface area contributed by atoms with Crippen LogP contribution in [0.25, 0.3) is 0 Å². The molecule has 6 heteroatoms. The first-order valence-electron chi connectivity index (χ1n) is 6.23. The SMILES string of the molecule is O=[N+]([O-])c1ccc(N[C@H](CCO)c2ccccc2)cn1. The normalized spacial score (nSPS) is 11.8. The van der Waals surface area contributed by atoms with Gasteiger partial charge in [-0.1, -0.05) is 30.3 Å². The van der Waals surface area contributed by atoms with E-state index in [0.29, 0.717) is 12.1 Å². The van der Waals surface area contributed by atoms with Crippen LogP contribution in [0.1, 0.15) is 18.0 Å². The van der Waals surface area contributed by atoms with Crippen molar-refractivity contribution in [1.82, 2.24) is 4.98 Å². The molecule has 20 heavy (non-hydrogen) atoms. The largest absolute Gasteiger partial charge is 0.396 e. The second kappa shape index (κ2) is 6.63. The molecule has 0 saturated carbocycles. The summed E-state index contributed by atoms with van der Waals surface area (Å²) in [7, 11) is 0. The lowest BCUT2D eigenvalue weighted by Gasteiger charge is -2.18. The van der Waals surface area contributed by atoms with Gasteiger partial charge in [0, 0.05) is 12.7 Å². The van der Waals surface area contributed by atoms with Crippen molar-refractivity contribution in [2.45, 2.75) is 12.5 Å². The molecule has 0 radical (unpaired) electrons. The van der Waals surface area contributed by atoms with Gasteiger partial charge in [0.2, 0.25) is 0 Å². The summed E-state index contributed by atoms with van der Waals surface area (Å²) in [6.07, 6.45) is 1.96. The summed E-state index contributed by atoms with van der Waals surface area (Å²) in [5.74, 6) is -0.186. The zero-order valence-electron chi connectivity index (χ0n) is 10.8. The summed E-state index contributed by atoms with van der Waals surface area (Å²) in [4.78, 5) is 13.8. The number of aromatic nitrogens is 1. The van der Waals surface area contributed by atoms with Gasteiger partial charge in [-0.05, 0) is 28.0 Å². The molecule has 1 aromatic carbocycles. The van der Waals surface area contributed by atoms with Crippen molar-refractivity contribution in [1.29, 1.82) is 0 Å². The molecule has 0 saturated heterocycles. The Morgan fingerprint density at radius 3 is 2.55 bits per heavy atom. The fourth-order valence-corrected chi connectivity index (χ4v) is 1.92. The summed E-state index contributed by atoms with van der Waals surface area (Å²) in [5, 5.41) is 22.9. The topological polar surface area (TPSA) is 88.3 Å². The predicted molar refractivity (Wildman–Crippen MR) is 75.4 cm³/mol. The first-order valence-corrected chi connectivity index (χ1v) is 6.23. The van der Waals surface area contributed by atoms with E-state index >= 15 is 0 Å². The molecule has 1 atom stereocenters. The van der Waals surface area contributed by atoms with E-state index in [2.05, 4.69) is 10.3 Å². The van der Waals surface area contributed by atoms with Crippen LogP contribution in [0.3, 0.4) is 0 Å². The lowest BCUT2D eigenvalue weighted by atomic mass is 10.0. The van der Waals surface area contributed by atoms with Crippen LogP contribution in [0.2, 0.25) is 0 Å². The van der Waals surface area contributed by atoms with Gasteiger partial charge in [0.25, 0.3) is 0 Å². The lowest BCUT2D eigenvalue weighted by molar-refractivity contribution is -0.389. The third-order valence-electron chi connectivity index (χ3n) is 2.90. The van der Waals surface area contributed by atoms with Crippen LogP contribution >= 0.6 is 0 Å². The molecule has 0 unspecified atom stereocenters. The second-order valence-corrected chi connectivity index (χ2v) is 4.28. The van der Waals surface area contributed by atoms with Crippen molar-refractivity contribution < 1.29 is 10.0 Å². The van der Waals surface area contributed by atoms with Crippen molar-refractivity contribution in [3.63, 3.8) is 0 Å². The van der Waals surface area contributed by atoms with Gasteiger partial charge in [0.15, 0.2) is 6.20 Å². The molecule has 1 heterocycles. The van der Waals surface area contributed by atoms with Crippen LogP contribution in [0, 0.1) is 10.1 Å². The number of aliphatic hydroxyl groups is 1. The number of anilines is 1. The molecule has 1 aromatic heterocycles. The smallest absolute Gasteiger partial charge is 0.363 e. The van der Waals surface area contributed by atoms with Gasteiger partial charge in [-0.3, -0.25) is 0 Å². The summed E-state index contributed by atoms with van der Waals surface area (Å²) < 4.78 is 0. The summed E-state index contributed by atoms with van der Waals surface area (Å²) in [6, 6.07) is 12.6. The Morgan fingerprint density at radius 1 is 1.25 bits per heavy atom. The maximum absolute atomic E-state index is 10.5. The summed E-state index contributed by atoms with van der Waals surface area (Å²) >= 11 is 0. The van der Waals surface area contributed by atoms with Crippen molar-refractivity contribution >= 4 is 11.5 Å². The van der Waals surface area contributed by atoms with Crippen molar-refractivity contribution in [3.8, 4) is 0 Å². The molecule has 0 fully saturated rings. The molecule has 2 N–H and O–H groups in total. The highest BCUT2D eigenvalue weighted by molar-refractivity contribution is 5.45. The minimum Gasteiger partial charge on any atom is -0.396 e. The Labute approximate surface area is 116 Å². The highest BCUT2D eigenvalue weighted by Crippen LogP contribution is 2.22. The number of nitrogens with zero attached hydrogens (tertiary/aromatic N) is 2. The zero-order valence-corrected chi connectivity index (χ0v) is 10.8. The number of hydrogen-bond donors (Lipinski definition) is 2. The van der Waals surface area contributed by atoms with Crippen molar-refractivity contribution in [2.75, 3.05) is 11.9 Å². The van der Waals surface area contributed by atoms with E-state index in [4.69, 9.17) is 5.11 Å². The number of nitrogens with one attached hydrogen (secondary N) is 1. The number of hydrogen-bond acceptors (Lipinski definition) is 5. The van der Waals surface area contributed by atoms with Gasteiger partial charge < -0.3 is 20.5 Å². The predicted octanol–water partition coefficient (Wildman–Crippen LogP) is 2.53. The molecule has 104 valence electrons. The molecule has 2 aromatic rings. The lowest BCUT2D eigenvalue weighted by Crippen LogP contribution is -2.12. The van der Waals surface area contributed by atoms with Gasteiger partial charge in [0.1, 0.15) is 0 Å². The molecule has 0 aliphatic rings. The molecule has 0 aliphatic carbocycles. The Kier molecular flexibility index (Phi) is 4.62. The van der Waals surface area contributed by atoms with E-state index in [1.54, 1.807) is 6.07 Å². The molecule has 0 spiro atoms. The number of rotatable bonds is 6. The number of aliphatic hydroxyl groups excluding tert-OH is 1. The molecule has 2 rings (SSSR count). The Morgan fingerprint density at radius 2 is 2.00 bits per heavy atom. The van der Waals surface area contributed by atoms with Gasteiger partial charge in [0.05, 0.1) is 11.7 Å². The summed E-state index contributed by atoms with van der Waals surface area (Å²) in [6.45, 7) is 0.0486. The van der Waals surface area contributed by atoms with E-state index in [-0.39, 0.29) is 18.5 Å². The average molecular weight is 273 g/mol. The minimum absolute atomic E-state index is 0.0486. The van der Waals surface area contributed by atoms with E-state index in [0.717, 1.165) is 5.56 Å². The second-order valence-electron chi connectivity index (χ2n) is 4.28. The number of pyridine rings is 1. The maximum Gasteiger partial charge on any atom is 0.363 e. The van der Waals surface area contributed by atoms with E-state index in [1.807, 2.05) is 30.3 Å². The average Bonchev–Trinajstić information content (AvgIpc) is 2.48. The van der Waals surface area contributed by atoms with Crippen LogP contribution in [0.15, 0.2) is 48.7 Å². The Bertz CT molecular complexity index is 558. The van der Waals surface area contributed by atoms with Gasteiger partial charge in [-0.25, -0.2) is 0 Å². The minimum atomic E-state index is -0.536. The Hall–Kier alpha value is -2.47. The van der Waals surface area contributed by atoms with Crippen LogP contribution in [-0.4, -0.2) is 21.6 Å². The van der Waals surface area contributed by atoms with Gasteiger partial charge in [-0.2, -0.15) is 0 Å². The van der Waals surface area contributed by atoms with Gasteiger partial charge >= 0.3 is 5.82 Å². The van der Waals surface area contributed by atoms with E-state index in [9.17, 15) is 10.1 Å². The van der Waals surface area contributed by atoms with Crippen molar-refractivity contribution in [2.24, 2.45) is 0 Å². The van der Waals surface area contributed by atoms with Crippen LogP contribution in [0.4, 0.5) is 11.5 Å². The van der Waals surface area contributed by atoms with E-state index < -0.39 is 4.92 Å². The fourth-order valence-electron chi connectivity index (χ4n) is 1.92. The first kappa shape index (κ1) is 14.0. The third-order valence-corrected chi connectivity index (χ3v) is 2.90. The van der Waals surface area contributed by atoms with Crippen LogP contribution in [-0.2, 0) is 0 Å². The summed E-state index contributed by atoms with van der Waals surface area (Å²) in [5.41, 5.74) is 1.72. The molecule has 0 amide bonds. The number of benzene rings is 1. The standard InChI is InChI=1S/C14H15N3O3/c18-9-8-13(11-4-2-1-3-5-11)16-12-6-7-14(15-10-12)17(19)20/h1-7,10,13,16,18H,8-9H2/t13-/m1/s1. The molecule has 0 bridgehead atoms. The Balaban J connectivity index is 2.14. The van der Waals surface area contributed by atoms with Crippen LogP contribution in [0.5, 0.6) is 0 Å². The quantitative estimate of drug-likeness (QED) is 0.623. The molecule has 6 nitrogen and oxygen atoms in total. The van der Waals surface area contributed by atoms with E-state index in [1.165, 1.54) is 12.3 Å². The van der Waals surface area contributed by atoms with Crippen LogP contribution < -0.4 is 5.32 Å². The zero-order chi connectivity index (χ0) is 14.4. The molecular weight excluding hydrogens is 258 g/mol. The monoisotopic (exact) mass is 273 g/mol. The molecule has 0 aliphatic heterocycles. The fraction of sp³-hybridized carbons (Fsp3) is 0.214. The molecular formula is C14H15N3O3. The highest BCUT2D eigenvalue weighted by atomic mass is 16.6. The number of nitro groups is 1. The maximum atomic E-state index is 10.5. The first-order chi connectivity index (χ1) is 9.70. The van der Waals surface area contributed by atoms with Gasteiger partial charge in [-0.15, -0.1) is 0 Å². The highest BCUT2D eigenvalue weighted by Gasteiger charge is 2.12.